The molecule has 0 spiro atoms. The highest BCUT2D eigenvalue weighted by Gasteiger charge is 2.39. The van der Waals surface area contributed by atoms with E-state index in [1.807, 2.05) is 48.5 Å². The summed E-state index contributed by atoms with van der Waals surface area (Å²) < 4.78 is 0. The normalized spacial score (nSPS) is 23.6. The number of allylic oxidation sites excluding steroid dienone is 4. The van der Waals surface area contributed by atoms with Crippen molar-refractivity contribution in [3.05, 3.63) is 104 Å². The lowest BCUT2D eigenvalue weighted by molar-refractivity contribution is 0.448. The smallest absolute Gasteiger partial charge is 0.127 e. The van der Waals surface area contributed by atoms with Crippen LogP contribution in [0.4, 0.5) is 11.4 Å². The summed E-state index contributed by atoms with van der Waals surface area (Å²) in [6.07, 6.45) is 8.64. The molecule has 0 radical (unpaired) electrons. The summed E-state index contributed by atoms with van der Waals surface area (Å²) in [6.45, 7) is 4.23. The standard InChI is InChI=1S/2C17H15NO2/c1-9-8-10-6-7-11(9)15-14(10)17(19)13-5-3-2-4-12(13)16(15)18-20;1-9-8-10-6-7-11(9)15-14(10)16(18-20)12-4-2-3-5-13(12)17(15)19/h2*2-5,8,10-11,19H,6-7H2,1H3. The molecule has 0 heterocycles. The van der Waals surface area contributed by atoms with E-state index in [4.69, 9.17) is 0 Å². The number of nitrogens with zero attached hydrogens (tertiary/aromatic N) is 2. The summed E-state index contributed by atoms with van der Waals surface area (Å²) in [5.41, 5.74) is 7.44. The van der Waals surface area contributed by atoms with Crippen LogP contribution >= 0.6 is 0 Å². The fraction of sp³-hybridized carbons (Fsp3) is 0.294. The molecule has 0 fully saturated rings. The van der Waals surface area contributed by atoms with Crippen molar-refractivity contribution in [1.29, 1.82) is 0 Å². The molecule has 6 aliphatic carbocycles. The third-order valence-electron chi connectivity index (χ3n) is 9.66. The summed E-state index contributed by atoms with van der Waals surface area (Å²) in [7, 11) is 0. The number of nitroso groups, excluding NO2 is 2. The fourth-order valence-electron chi connectivity index (χ4n) is 7.92. The Morgan fingerprint density at radius 2 is 1.00 bits per heavy atom. The molecule has 6 heteroatoms. The summed E-state index contributed by atoms with van der Waals surface area (Å²) in [5.74, 6) is 1.59. The summed E-state index contributed by atoms with van der Waals surface area (Å²) in [6, 6.07) is 15.0. The Morgan fingerprint density at radius 3 is 1.50 bits per heavy atom. The van der Waals surface area contributed by atoms with Gasteiger partial charge >= 0.3 is 0 Å². The van der Waals surface area contributed by atoms with Gasteiger partial charge in [0, 0.05) is 56.3 Å². The topological polar surface area (TPSA) is 99.3 Å². The number of fused-ring (bicyclic) bond motifs is 4. The highest BCUT2D eigenvalue weighted by atomic mass is 16.3. The Bertz CT molecular complexity index is 1820. The Kier molecular flexibility index (Phi) is 5.63. The van der Waals surface area contributed by atoms with Gasteiger partial charge < -0.3 is 10.2 Å². The van der Waals surface area contributed by atoms with Crippen LogP contribution in [0, 0.1) is 9.81 Å². The van der Waals surface area contributed by atoms with Crippen LogP contribution in [-0.2, 0) is 0 Å². The second-order valence-corrected chi connectivity index (χ2v) is 11.6. The third kappa shape index (κ3) is 3.35. The van der Waals surface area contributed by atoms with Crippen molar-refractivity contribution in [3.63, 3.8) is 0 Å². The first-order chi connectivity index (χ1) is 19.4. The molecule has 4 unspecified atom stereocenters. The van der Waals surface area contributed by atoms with E-state index in [1.165, 1.54) is 11.1 Å². The molecular formula is C34H30N2O4. The number of hydrogen-bond donors (Lipinski definition) is 2. The van der Waals surface area contributed by atoms with E-state index in [0.29, 0.717) is 22.9 Å². The molecule has 0 saturated heterocycles. The van der Waals surface area contributed by atoms with Crippen LogP contribution in [0.3, 0.4) is 0 Å². The van der Waals surface area contributed by atoms with Gasteiger partial charge in [0.05, 0.1) is 0 Å². The van der Waals surface area contributed by atoms with Crippen molar-refractivity contribution in [2.45, 2.75) is 63.2 Å². The monoisotopic (exact) mass is 530 g/mol. The molecule has 2 N–H and O–H groups in total. The van der Waals surface area contributed by atoms with Gasteiger partial charge in [0.15, 0.2) is 0 Å². The maximum absolute atomic E-state index is 11.4. The largest absolute Gasteiger partial charge is 0.507 e. The van der Waals surface area contributed by atoms with Crippen molar-refractivity contribution >= 4 is 32.9 Å². The van der Waals surface area contributed by atoms with Crippen LogP contribution in [0.5, 0.6) is 11.5 Å². The van der Waals surface area contributed by atoms with Gasteiger partial charge in [0.2, 0.25) is 0 Å². The lowest BCUT2D eigenvalue weighted by Crippen LogP contribution is -2.20. The van der Waals surface area contributed by atoms with Gasteiger partial charge in [-0.05, 0) is 61.0 Å². The van der Waals surface area contributed by atoms with E-state index < -0.39 is 0 Å². The van der Waals surface area contributed by atoms with Crippen molar-refractivity contribution in [1.82, 2.24) is 0 Å². The molecule has 4 atom stereocenters. The van der Waals surface area contributed by atoms with Crippen LogP contribution < -0.4 is 0 Å². The molecular weight excluding hydrogens is 500 g/mol. The minimum atomic E-state index is 0.221. The first kappa shape index (κ1) is 24.7. The molecule has 6 aliphatic rings. The maximum Gasteiger partial charge on any atom is 0.127 e. The predicted molar refractivity (Wildman–Crippen MR) is 159 cm³/mol. The van der Waals surface area contributed by atoms with Crippen molar-refractivity contribution in [3.8, 4) is 11.5 Å². The van der Waals surface area contributed by atoms with Gasteiger partial charge in [-0.25, -0.2) is 0 Å². The zero-order chi connectivity index (χ0) is 27.7. The van der Waals surface area contributed by atoms with E-state index in [1.54, 1.807) is 0 Å². The Labute approximate surface area is 232 Å². The van der Waals surface area contributed by atoms with Crippen LogP contribution in [0.1, 0.15) is 85.5 Å². The Hall–Kier alpha value is -4.32. The molecule has 0 aromatic heterocycles. The van der Waals surface area contributed by atoms with E-state index in [2.05, 4.69) is 36.4 Å². The zero-order valence-electron chi connectivity index (χ0n) is 22.5. The molecule has 4 aromatic carbocycles. The minimum Gasteiger partial charge on any atom is -0.507 e. The van der Waals surface area contributed by atoms with Gasteiger partial charge in [-0.2, -0.15) is 0 Å². The molecule has 10 rings (SSSR count). The van der Waals surface area contributed by atoms with E-state index >= 15 is 0 Å². The summed E-state index contributed by atoms with van der Waals surface area (Å²) in [4.78, 5) is 22.8. The molecule has 6 nitrogen and oxygen atoms in total. The lowest BCUT2D eigenvalue weighted by Gasteiger charge is -2.38. The average molecular weight is 531 g/mol. The highest BCUT2D eigenvalue weighted by Crippen LogP contribution is 2.58. The van der Waals surface area contributed by atoms with Gasteiger partial charge in [-0.3, -0.25) is 0 Å². The predicted octanol–water partition coefficient (Wildman–Crippen LogP) is 9.73. The van der Waals surface area contributed by atoms with Crippen molar-refractivity contribution in [2.24, 2.45) is 10.4 Å². The average Bonchev–Trinajstić information content (AvgIpc) is 2.98. The van der Waals surface area contributed by atoms with Gasteiger partial charge in [-0.1, -0.05) is 71.8 Å². The summed E-state index contributed by atoms with van der Waals surface area (Å²) >= 11 is 0. The molecule has 4 aromatic rings. The molecule has 40 heavy (non-hydrogen) atoms. The van der Waals surface area contributed by atoms with Crippen LogP contribution in [0.25, 0.3) is 21.5 Å². The second-order valence-electron chi connectivity index (χ2n) is 11.6. The van der Waals surface area contributed by atoms with E-state index in [0.717, 1.165) is 69.5 Å². The highest BCUT2D eigenvalue weighted by molar-refractivity contribution is 6.01. The number of aromatic hydroxyl groups is 2. The Morgan fingerprint density at radius 1 is 0.575 bits per heavy atom. The number of benzene rings is 4. The van der Waals surface area contributed by atoms with E-state index in [9.17, 15) is 20.0 Å². The number of rotatable bonds is 2. The number of hydrogen-bond acceptors (Lipinski definition) is 6. The SMILES string of the molecule is CC1=CC2CCC1c1c2c(N=O)c2ccccc2c1O.CC1=CC2CCC1c1c2c(O)c2ccccc2c1N=O. The maximum atomic E-state index is 11.4. The van der Waals surface area contributed by atoms with Crippen LogP contribution in [0.2, 0.25) is 0 Å². The van der Waals surface area contributed by atoms with Gasteiger partial charge in [-0.15, -0.1) is 9.81 Å². The zero-order valence-corrected chi connectivity index (χ0v) is 22.5. The molecule has 4 bridgehead atoms. The first-order valence-electron chi connectivity index (χ1n) is 14.0. The quantitative estimate of drug-likeness (QED) is 0.199. The van der Waals surface area contributed by atoms with E-state index in [-0.39, 0.29) is 23.7 Å². The molecule has 0 aliphatic heterocycles. The van der Waals surface area contributed by atoms with Gasteiger partial charge in [0.25, 0.3) is 0 Å². The van der Waals surface area contributed by atoms with Crippen molar-refractivity contribution < 1.29 is 10.2 Å². The second kappa shape index (κ2) is 9.12. The van der Waals surface area contributed by atoms with Crippen molar-refractivity contribution in [2.75, 3.05) is 0 Å². The summed E-state index contributed by atoms with van der Waals surface area (Å²) in [5, 5.41) is 31.0. The number of phenolic OH excluding ortho intramolecular Hbond substituents is 2. The fourth-order valence-corrected chi connectivity index (χ4v) is 7.92. The molecule has 0 amide bonds. The molecule has 0 saturated carbocycles. The Balaban J connectivity index is 0.000000132. The van der Waals surface area contributed by atoms with Crippen LogP contribution in [0.15, 0.2) is 82.2 Å². The van der Waals surface area contributed by atoms with Gasteiger partial charge in [0.1, 0.15) is 22.9 Å². The minimum absolute atomic E-state index is 0.221. The van der Waals surface area contributed by atoms with Crippen LogP contribution in [-0.4, -0.2) is 10.2 Å². The third-order valence-corrected chi connectivity index (χ3v) is 9.66. The lowest BCUT2D eigenvalue weighted by atomic mass is 9.66. The number of phenols is 2. The first-order valence-corrected chi connectivity index (χ1v) is 14.0. The molecule has 200 valence electrons.